The fraction of sp³-hybridized carbons (Fsp3) is 0.632. The second-order valence-corrected chi connectivity index (χ2v) is 8.66. The molecule has 8 heteroatoms. The second kappa shape index (κ2) is 8.22. The van der Waals surface area contributed by atoms with Crippen molar-refractivity contribution in [3.63, 3.8) is 0 Å². The number of thioether (sulfide) groups is 1. The van der Waals surface area contributed by atoms with Crippen LogP contribution in [0.25, 0.3) is 0 Å². The number of carbonyl (C=O) groups excluding carboxylic acids is 1. The molecule has 146 valence electrons. The average Bonchev–Trinajstić information content (AvgIpc) is 3.13. The molecule has 27 heavy (non-hydrogen) atoms. The lowest BCUT2D eigenvalue weighted by Crippen LogP contribution is -2.44. The van der Waals surface area contributed by atoms with E-state index >= 15 is 0 Å². The van der Waals surface area contributed by atoms with Gasteiger partial charge < -0.3 is 10.6 Å². The van der Waals surface area contributed by atoms with Crippen molar-refractivity contribution in [2.24, 2.45) is 15.9 Å². The fourth-order valence-electron chi connectivity index (χ4n) is 3.95. The lowest BCUT2D eigenvalue weighted by Gasteiger charge is -2.28. The predicted octanol–water partition coefficient (Wildman–Crippen LogP) is 2.70. The summed E-state index contributed by atoms with van der Waals surface area (Å²) >= 11 is 1.45. The van der Waals surface area contributed by atoms with Crippen LogP contribution in [-0.4, -0.2) is 53.8 Å². The lowest BCUT2D eigenvalue weighted by molar-refractivity contribution is -0.122. The van der Waals surface area contributed by atoms with Gasteiger partial charge in [0.2, 0.25) is 5.91 Å². The highest BCUT2D eigenvalue weighted by atomic mass is 32.2. The van der Waals surface area contributed by atoms with E-state index in [1.54, 1.807) is 6.08 Å². The lowest BCUT2D eigenvalue weighted by atomic mass is 9.94. The first-order chi connectivity index (χ1) is 13.1. The molecule has 5 nitrogen and oxygen atoms in total. The van der Waals surface area contributed by atoms with Crippen LogP contribution < -0.4 is 10.6 Å². The standard InChI is InChI=1S/C19H24F2N4OS/c20-13-7-12(23-11-3-1-2-4-11)8-15-18(13)19(26)25-17(24-15)10-27-16-5-6-22-9-14(16)21/h7-8,11,14,16,18,22H,1-6,9-10H2,(H,24,25,26)/t14-,16-,18?/m0/s1. The Morgan fingerprint density at radius 3 is 2.85 bits per heavy atom. The topological polar surface area (TPSA) is 65.8 Å². The van der Waals surface area contributed by atoms with Crippen LogP contribution in [0, 0.1) is 5.92 Å². The summed E-state index contributed by atoms with van der Waals surface area (Å²) in [7, 11) is 0. The summed E-state index contributed by atoms with van der Waals surface area (Å²) in [6.07, 6.45) is 7.27. The molecule has 1 amide bonds. The number of amidine groups is 1. The molecule has 1 saturated carbocycles. The summed E-state index contributed by atoms with van der Waals surface area (Å²) < 4.78 is 28.4. The van der Waals surface area contributed by atoms with Crippen LogP contribution in [-0.2, 0) is 4.79 Å². The Morgan fingerprint density at radius 2 is 2.07 bits per heavy atom. The number of hydrogen-bond donors (Lipinski definition) is 2. The molecular weight excluding hydrogens is 370 g/mol. The Bertz CT molecular complexity index is 727. The normalized spacial score (nSPS) is 33.3. The number of carbonyl (C=O) groups is 1. The van der Waals surface area contributed by atoms with Crippen LogP contribution in [0.15, 0.2) is 33.7 Å². The number of alkyl halides is 1. The Labute approximate surface area is 161 Å². The van der Waals surface area contributed by atoms with Gasteiger partial charge in [0.15, 0.2) is 0 Å². The summed E-state index contributed by atoms with van der Waals surface area (Å²) in [5.41, 5.74) is 0.950. The van der Waals surface area contributed by atoms with Gasteiger partial charge in [0, 0.05) is 11.8 Å². The highest BCUT2D eigenvalue weighted by Gasteiger charge is 2.35. The maximum Gasteiger partial charge on any atom is 0.241 e. The summed E-state index contributed by atoms with van der Waals surface area (Å²) in [6, 6.07) is 0.232. The maximum atomic E-state index is 14.5. The minimum Gasteiger partial charge on any atom is -0.314 e. The number of piperidine rings is 1. The molecule has 2 heterocycles. The molecule has 0 aromatic carbocycles. The smallest absolute Gasteiger partial charge is 0.241 e. The average molecular weight is 394 g/mol. The van der Waals surface area contributed by atoms with E-state index in [0.29, 0.717) is 29.5 Å². The monoisotopic (exact) mass is 394 g/mol. The van der Waals surface area contributed by atoms with E-state index < -0.39 is 23.8 Å². The van der Waals surface area contributed by atoms with Crippen molar-refractivity contribution < 1.29 is 13.6 Å². The van der Waals surface area contributed by atoms with Gasteiger partial charge in [0.25, 0.3) is 0 Å². The highest BCUT2D eigenvalue weighted by Crippen LogP contribution is 2.32. The van der Waals surface area contributed by atoms with Gasteiger partial charge in [0.1, 0.15) is 23.8 Å². The van der Waals surface area contributed by atoms with E-state index in [-0.39, 0.29) is 11.3 Å². The zero-order chi connectivity index (χ0) is 18.8. The summed E-state index contributed by atoms with van der Waals surface area (Å²) in [5.74, 6) is -1.05. The molecule has 1 saturated heterocycles. The van der Waals surface area contributed by atoms with Crippen molar-refractivity contribution in [1.82, 2.24) is 10.6 Å². The van der Waals surface area contributed by atoms with Crippen LogP contribution >= 0.6 is 11.8 Å². The van der Waals surface area contributed by atoms with Gasteiger partial charge in [-0.1, -0.05) is 12.8 Å². The van der Waals surface area contributed by atoms with E-state index in [0.717, 1.165) is 38.6 Å². The minimum atomic E-state index is -0.992. The van der Waals surface area contributed by atoms with E-state index in [2.05, 4.69) is 20.6 Å². The maximum absolute atomic E-state index is 14.5. The third kappa shape index (κ3) is 4.32. The Morgan fingerprint density at radius 1 is 1.26 bits per heavy atom. The molecule has 1 unspecified atom stereocenters. The summed E-state index contributed by atoms with van der Waals surface area (Å²) in [4.78, 5) is 21.5. The molecule has 0 aromatic rings. The van der Waals surface area contributed by atoms with Crippen molar-refractivity contribution >= 4 is 29.2 Å². The van der Waals surface area contributed by atoms with Crippen molar-refractivity contribution in [3.05, 3.63) is 23.7 Å². The summed E-state index contributed by atoms with van der Waals surface area (Å²) in [5, 5.41) is 5.60. The molecule has 4 rings (SSSR count). The third-order valence-electron chi connectivity index (χ3n) is 5.39. The predicted molar refractivity (Wildman–Crippen MR) is 105 cm³/mol. The molecular formula is C19H24F2N4OS. The first-order valence-corrected chi connectivity index (χ1v) is 10.7. The quantitative estimate of drug-likeness (QED) is 0.771. The van der Waals surface area contributed by atoms with Gasteiger partial charge in [-0.3, -0.25) is 9.79 Å². The molecule has 0 aromatic heterocycles. The van der Waals surface area contributed by atoms with Gasteiger partial charge in [-0.2, -0.15) is 0 Å². The second-order valence-electron chi connectivity index (χ2n) is 7.43. The number of fused-ring (bicyclic) bond motifs is 1. The number of rotatable bonds is 4. The highest BCUT2D eigenvalue weighted by molar-refractivity contribution is 8.00. The van der Waals surface area contributed by atoms with Crippen molar-refractivity contribution in [3.8, 4) is 0 Å². The molecule has 0 bridgehead atoms. The van der Waals surface area contributed by atoms with Crippen LogP contribution in [0.4, 0.5) is 8.78 Å². The molecule has 2 aliphatic carbocycles. The molecule has 4 aliphatic rings. The van der Waals surface area contributed by atoms with E-state index in [9.17, 15) is 13.6 Å². The number of amides is 1. The van der Waals surface area contributed by atoms with Crippen LogP contribution in [0.3, 0.4) is 0 Å². The Balaban J connectivity index is 1.49. The van der Waals surface area contributed by atoms with Gasteiger partial charge in [-0.15, -0.1) is 11.8 Å². The van der Waals surface area contributed by atoms with Gasteiger partial charge in [-0.25, -0.2) is 13.8 Å². The van der Waals surface area contributed by atoms with Gasteiger partial charge in [0.05, 0.1) is 23.2 Å². The number of hydrogen-bond acceptors (Lipinski definition) is 5. The number of aliphatic imine (C=N–C) groups is 2. The fourth-order valence-corrected chi connectivity index (χ4v) is 5.05. The SMILES string of the molecule is O=C1NC(CS[C@H]2CCNC[C@@H]2F)=NC2=CC(=NC3CCCC3)C=C(F)C12. The Kier molecular flexibility index (Phi) is 5.73. The molecule has 2 N–H and O–H groups in total. The third-order valence-corrected chi connectivity index (χ3v) is 6.78. The zero-order valence-electron chi connectivity index (χ0n) is 15.1. The van der Waals surface area contributed by atoms with Gasteiger partial charge in [-0.05, 0) is 38.0 Å². The van der Waals surface area contributed by atoms with Crippen molar-refractivity contribution in [2.75, 3.05) is 18.8 Å². The zero-order valence-corrected chi connectivity index (χ0v) is 15.9. The van der Waals surface area contributed by atoms with Crippen LogP contribution in [0.5, 0.6) is 0 Å². The number of nitrogens with zero attached hydrogens (tertiary/aromatic N) is 2. The molecule has 2 fully saturated rings. The summed E-state index contributed by atoms with van der Waals surface area (Å²) in [6.45, 7) is 1.15. The number of nitrogens with one attached hydrogen (secondary N) is 2. The number of allylic oxidation sites excluding steroid dienone is 2. The first kappa shape index (κ1) is 18.8. The van der Waals surface area contributed by atoms with E-state index in [4.69, 9.17) is 0 Å². The molecule has 2 aliphatic heterocycles. The Hall–Kier alpha value is -1.54. The molecule has 3 atom stereocenters. The van der Waals surface area contributed by atoms with Crippen LogP contribution in [0.1, 0.15) is 32.1 Å². The van der Waals surface area contributed by atoms with Crippen LogP contribution in [0.2, 0.25) is 0 Å². The van der Waals surface area contributed by atoms with E-state index in [1.807, 2.05) is 0 Å². The number of halogens is 2. The minimum absolute atomic E-state index is 0.111. The van der Waals surface area contributed by atoms with E-state index in [1.165, 1.54) is 17.8 Å². The van der Waals surface area contributed by atoms with Crippen molar-refractivity contribution in [1.29, 1.82) is 0 Å². The van der Waals surface area contributed by atoms with Gasteiger partial charge >= 0.3 is 0 Å². The molecule has 0 radical (unpaired) electrons. The largest absolute Gasteiger partial charge is 0.314 e. The van der Waals surface area contributed by atoms with Crippen molar-refractivity contribution in [2.45, 2.75) is 49.6 Å². The molecule has 0 spiro atoms. The first-order valence-electron chi connectivity index (χ1n) is 9.61.